The molecule has 1 rings (SSSR count). The van der Waals surface area contributed by atoms with Gasteiger partial charge in [0.15, 0.2) is 0 Å². The van der Waals surface area contributed by atoms with Gasteiger partial charge in [0, 0.05) is 0 Å². The van der Waals surface area contributed by atoms with Crippen molar-refractivity contribution in [2.45, 2.75) is 24.8 Å². The van der Waals surface area contributed by atoms with Crippen molar-refractivity contribution in [3.05, 3.63) is 11.6 Å². The third-order valence-corrected chi connectivity index (χ3v) is 2.32. The molecule has 1 atom stereocenters. The van der Waals surface area contributed by atoms with Crippen LogP contribution in [0.5, 0.6) is 0 Å². The molecule has 0 amide bonds. The predicted octanol–water partition coefficient (Wildman–Crippen LogP) is 0.692. The van der Waals surface area contributed by atoms with Gasteiger partial charge in [0.05, 0.1) is 11.0 Å². The number of aliphatic hydroxyl groups is 1. The van der Waals surface area contributed by atoms with Gasteiger partial charge >= 0.3 is 19.5 Å². The van der Waals surface area contributed by atoms with E-state index in [0.717, 1.165) is 0 Å². The summed E-state index contributed by atoms with van der Waals surface area (Å²) in [6.45, 7) is 3.55. The van der Waals surface area contributed by atoms with E-state index >= 15 is 0 Å². The minimum atomic E-state index is -0.662. The van der Waals surface area contributed by atoms with Crippen LogP contribution in [0.3, 0.4) is 0 Å². The summed E-state index contributed by atoms with van der Waals surface area (Å²) in [6, 6.07) is 0. The summed E-state index contributed by atoms with van der Waals surface area (Å²) in [7, 11) is 0. The van der Waals surface area contributed by atoms with Crippen molar-refractivity contribution in [1.29, 1.82) is 0 Å². The van der Waals surface area contributed by atoms with Crippen LogP contribution in [0.1, 0.15) is 13.8 Å². The molecule has 2 nitrogen and oxygen atoms in total. The van der Waals surface area contributed by atoms with Gasteiger partial charge in [-0.15, -0.1) is 0 Å². The van der Waals surface area contributed by atoms with Crippen molar-refractivity contribution in [3.8, 4) is 0 Å². The summed E-state index contributed by atoms with van der Waals surface area (Å²) in [6.07, 6.45) is 1.73. The van der Waals surface area contributed by atoms with E-state index in [9.17, 15) is 5.11 Å². The molecule has 10 heavy (non-hydrogen) atoms. The van der Waals surface area contributed by atoms with E-state index in [2.05, 4.69) is 10.7 Å². The first-order chi connectivity index (χ1) is 4.11. The van der Waals surface area contributed by atoms with Gasteiger partial charge in [0.2, 0.25) is 0 Å². The number of rotatable bonds is 1. The van der Waals surface area contributed by atoms with Crippen LogP contribution in [0, 0.1) is 5.41 Å². The van der Waals surface area contributed by atoms with E-state index < -0.39 is 5.60 Å². The molecule has 0 aromatic heterocycles. The summed E-state index contributed by atoms with van der Waals surface area (Å²) in [5.41, 5.74) is -0.662. The molecule has 0 saturated heterocycles. The van der Waals surface area contributed by atoms with Crippen molar-refractivity contribution < 1.29 is 24.6 Å². The van der Waals surface area contributed by atoms with Crippen LogP contribution in [0.4, 0.5) is 0 Å². The molecule has 0 spiro atoms. The SMILES string of the molecule is CC(C)(O)C1NC=[C-]S1.[Ru+]. The van der Waals surface area contributed by atoms with Crippen LogP contribution in [0.15, 0.2) is 6.20 Å². The van der Waals surface area contributed by atoms with Crippen LogP contribution >= 0.6 is 11.8 Å². The second kappa shape index (κ2) is 3.75. The quantitative estimate of drug-likeness (QED) is 0.526. The van der Waals surface area contributed by atoms with Gasteiger partial charge in [-0.05, 0) is 13.8 Å². The maximum absolute atomic E-state index is 9.37. The van der Waals surface area contributed by atoms with Gasteiger partial charge in [0.25, 0.3) is 0 Å². The molecule has 0 aliphatic carbocycles. The maximum atomic E-state index is 9.37. The molecule has 0 saturated carbocycles. The third kappa shape index (κ3) is 2.61. The van der Waals surface area contributed by atoms with Gasteiger partial charge in [-0.2, -0.15) is 6.20 Å². The third-order valence-electron chi connectivity index (χ3n) is 1.12. The zero-order chi connectivity index (χ0) is 6.91. The molecule has 1 aliphatic rings. The Hall–Kier alpha value is 0.473. The molecule has 1 radical (unpaired) electrons. The summed E-state index contributed by atoms with van der Waals surface area (Å²) < 4.78 is 0. The van der Waals surface area contributed by atoms with Gasteiger partial charge in [-0.1, -0.05) is 0 Å². The summed E-state index contributed by atoms with van der Waals surface area (Å²) in [4.78, 5) is 0. The Labute approximate surface area is 78.2 Å². The minimum Gasteiger partial charge on any atom is -0.414 e. The summed E-state index contributed by atoms with van der Waals surface area (Å²) >= 11 is 1.48. The van der Waals surface area contributed by atoms with E-state index in [-0.39, 0.29) is 24.9 Å². The molecular formula is C6H10NORuS. The Morgan fingerprint density at radius 3 is 2.50 bits per heavy atom. The molecule has 0 aromatic carbocycles. The van der Waals surface area contributed by atoms with Crippen LogP contribution in [0.25, 0.3) is 0 Å². The maximum Gasteiger partial charge on any atom is 1.00 e. The van der Waals surface area contributed by atoms with Gasteiger partial charge in [0.1, 0.15) is 0 Å². The molecule has 2 N–H and O–H groups in total. The smallest absolute Gasteiger partial charge is 0.414 e. The Kier molecular flexibility index (Phi) is 3.92. The molecule has 1 unspecified atom stereocenters. The zero-order valence-electron chi connectivity index (χ0n) is 5.86. The van der Waals surface area contributed by atoms with Crippen molar-refractivity contribution in [2.75, 3.05) is 0 Å². The molecule has 4 heteroatoms. The fraction of sp³-hybridized carbons (Fsp3) is 0.667. The van der Waals surface area contributed by atoms with Crippen LogP contribution < -0.4 is 5.32 Å². The van der Waals surface area contributed by atoms with Gasteiger partial charge < -0.3 is 27.6 Å². The van der Waals surface area contributed by atoms with Crippen molar-refractivity contribution in [3.63, 3.8) is 0 Å². The Bertz CT molecular complexity index is 124. The fourth-order valence-electron chi connectivity index (χ4n) is 0.594. The Morgan fingerprint density at radius 1 is 1.70 bits per heavy atom. The van der Waals surface area contributed by atoms with E-state index in [4.69, 9.17) is 0 Å². The topological polar surface area (TPSA) is 32.3 Å². The summed E-state index contributed by atoms with van der Waals surface area (Å²) in [5, 5.41) is 15.3. The molecule has 59 valence electrons. The second-order valence-corrected chi connectivity index (χ2v) is 3.52. The first-order valence-corrected chi connectivity index (χ1v) is 3.70. The number of hydrogen-bond acceptors (Lipinski definition) is 3. The van der Waals surface area contributed by atoms with Gasteiger partial charge in [-0.25, -0.2) is 0 Å². The zero-order valence-corrected chi connectivity index (χ0v) is 8.42. The average molecular weight is 245 g/mol. The van der Waals surface area contributed by atoms with E-state index in [1.54, 1.807) is 20.0 Å². The normalized spacial score (nSPS) is 23.7. The van der Waals surface area contributed by atoms with Crippen LogP contribution in [-0.2, 0) is 19.5 Å². The Morgan fingerprint density at radius 2 is 2.30 bits per heavy atom. The Balaban J connectivity index is 0.000000810. The average Bonchev–Trinajstić information content (AvgIpc) is 2.08. The van der Waals surface area contributed by atoms with E-state index in [1.165, 1.54) is 11.8 Å². The van der Waals surface area contributed by atoms with Crippen LogP contribution in [-0.4, -0.2) is 16.1 Å². The van der Waals surface area contributed by atoms with E-state index in [0.29, 0.717) is 0 Å². The molecule has 0 bridgehead atoms. The molecular weight excluding hydrogens is 235 g/mol. The van der Waals surface area contributed by atoms with Crippen LogP contribution in [0.2, 0.25) is 0 Å². The molecule has 0 aromatic rings. The molecule has 1 aliphatic heterocycles. The molecule has 1 heterocycles. The second-order valence-electron chi connectivity index (χ2n) is 2.58. The standard InChI is InChI=1S/C6H10NOS.Ru/c1-6(2,8)5-7-3-4-9-5;/h3,5,7-8H,1-2H3;/q-1;+1. The minimum absolute atomic E-state index is 0. The van der Waals surface area contributed by atoms with Crippen molar-refractivity contribution in [1.82, 2.24) is 5.32 Å². The van der Waals surface area contributed by atoms with Gasteiger partial charge in [-0.3, -0.25) is 0 Å². The first kappa shape index (κ1) is 10.5. The number of thioether (sulfide) groups is 1. The first-order valence-electron chi connectivity index (χ1n) is 2.82. The fourth-order valence-corrected chi connectivity index (χ4v) is 1.29. The largest absolute Gasteiger partial charge is 1.00 e. The monoisotopic (exact) mass is 246 g/mol. The number of hydrogen-bond donors (Lipinski definition) is 2. The number of nitrogens with one attached hydrogen (secondary N) is 1. The predicted molar refractivity (Wildman–Crippen MR) is 38.6 cm³/mol. The van der Waals surface area contributed by atoms with Crippen molar-refractivity contribution in [2.24, 2.45) is 0 Å². The summed E-state index contributed by atoms with van der Waals surface area (Å²) in [5.74, 6) is 0. The molecule has 0 fully saturated rings. The van der Waals surface area contributed by atoms with Crippen molar-refractivity contribution >= 4 is 11.8 Å². The van der Waals surface area contributed by atoms with E-state index in [1.807, 2.05) is 0 Å².